The highest BCUT2D eigenvalue weighted by atomic mass is 32.2. The average Bonchev–Trinajstić information content (AvgIpc) is 2.49. The zero-order valence-corrected chi connectivity index (χ0v) is 16.5. The Bertz CT molecular complexity index is 609. The first-order valence-corrected chi connectivity index (χ1v) is 8.96. The Kier molecular flexibility index (Phi) is 8.70. The van der Waals surface area contributed by atoms with Crippen molar-refractivity contribution in [2.45, 2.75) is 64.4 Å². The van der Waals surface area contributed by atoms with Gasteiger partial charge in [0, 0.05) is 34.6 Å². The fourth-order valence-corrected chi connectivity index (χ4v) is 3.45. The summed E-state index contributed by atoms with van der Waals surface area (Å²) in [6.07, 6.45) is -3.32. The number of rotatable bonds is 6. The molecule has 10 nitrogen and oxygen atoms in total. The average molecular weight is 405 g/mol. The van der Waals surface area contributed by atoms with E-state index in [1.165, 1.54) is 20.8 Å². The van der Waals surface area contributed by atoms with Gasteiger partial charge in [0.2, 0.25) is 5.91 Å². The summed E-state index contributed by atoms with van der Waals surface area (Å²) in [5, 5.41) is 2.26. The van der Waals surface area contributed by atoms with E-state index < -0.39 is 53.6 Å². The normalized spacial score (nSPS) is 27.2. The fraction of sp³-hybridized carbons (Fsp3) is 0.688. The molecule has 5 atom stereocenters. The van der Waals surface area contributed by atoms with Gasteiger partial charge in [-0.05, 0) is 0 Å². The van der Waals surface area contributed by atoms with Crippen molar-refractivity contribution < 1.29 is 42.9 Å². The minimum atomic E-state index is -1.16. The van der Waals surface area contributed by atoms with Gasteiger partial charge in [-0.2, -0.15) is 0 Å². The largest absolute Gasteiger partial charge is 0.463 e. The van der Waals surface area contributed by atoms with Crippen LogP contribution < -0.4 is 5.32 Å². The Balaban J connectivity index is 3.29. The van der Waals surface area contributed by atoms with Crippen LogP contribution in [0.5, 0.6) is 0 Å². The number of esters is 3. The van der Waals surface area contributed by atoms with Crippen molar-refractivity contribution in [3.63, 3.8) is 0 Å². The van der Waals surface area contributed by atoms with E-state index >= 15 is 0 Å². The highest BCUT2D eigenvalue weighted by Crippen LogP contribution is 2.32. The van der Waals surface area contributed by atoms with Gasteiger partial charge in [0.1, 0.15) is 24.2 Å². The zero-order chi connectivity index (χ0) is 20.7. The van der Waals surface area contributed by atoms with Crippen LogP contribution in [0.3, 0.4) is 0 Å². The summed E-state index contributed by atoms with van der Waals surface area (Å²) in [5.41, 5.74) is -0.955. The van der Waals surface area contributed by atoms with Crippen LogP contribution in [-0.2, 0) is 42.9 Å². The molecule has 0 unspecified atom stereocenters. The highest BCUT2D eigenvalue weighted by molar-refractivity contribution is 8.14. The topological polar surface area (TPSA) is 134 Å². The molecule has 0 aromatic heterocycles. The maximum Gasteiger partial charge on any atom is 0.303 e. The van der Waals surface area contributed by atoms with Crippen LogP contribution in [0.2, 0.25) is 0 Å². The maximum absolute atomic E-state index is 11.6. The van der Waals surface area contributed by atoms with E-state index in [1.54, 1.807) is 0 Å². The molecular weight excluding hydrogens is 382 g/mol. The van der Waals surface area contributed by atoms with Crippen molar-refractivity contribution in [2.24, 2.45) is 0 Å². The fourth-order valence-electron chi connectivity index (χ4n) is 2.55. The summed E-state index contributed by atoms with van der Waals surface area (Å²) in [7, 11) is 0. The van der Waals surface area contributed by atoms with Gasteiger partial charge in [-0.25, -0.2) is 0 Å². The van der Waals surface area contributed by atoms with Crippen LogP contribution in [-0.4, -0.2) is 65.3 Å². The quantitative estimate of drug-likeness (QED) is 0.472. The second-order valence-corrected chi connectivity index (χ2v) is 7.10. The van der Waals surface area contributed by atoms with Gasteiger partial charge in [0.15, 0.2) is 17.3 Å². The highest BCUT2D eigenvalue weighted by Gasteiger charge is 2.51. The Morgan fingerprint density at radius 1 is 0.889 bits per heavy atom. The second kappa shape index (κ2) is 10.3. The summed E-state index contributed by atoms with van der Waals surface area (Å²) in [5.74, 6) is -2.43. The minimum Gasteiger partial charge on any atom is -0.463 e. The third-order valence-electron chi connectivity index (χ3n) is 3.35. The van der Waals surface area contributed by atoms with E-state index in [0.29, 0.717) is 0 Å². The summed E-state index contributed by atoms with van der Waals surface area (Å²) in [6.45, 7) is 5.74. The number of thioether (sulfide) groups is 1. The zero-order valence-electron chi connectivity index (χ0n) is 15.7. The number of hydrogen-bond donors (Lipinski definition) is 1. The molecule has 0 spiro atoms. The van der Waals surface area contributed by atoms with Gasteiger partial charge >= 0.3 is 17.9 Å². The van der Waals surface area contributed by atoms with Gasteiger partial charge in [-0.1, -0.05) is 11.8 Å². The number of amides is 1. The lowest BCUT2D eigenvalue weighted by atomic mass is 9.97. The molecule has 1 amide bonds. The molecule has 0 bridgehead atoms. The lowest BCUT2D eigenvalue weighted by Crippen LogP contribution is -2.65. The Labute approximate surface area is 160 Å². The molecule has 1 aliphatic rings. The smallest absolute Gasteiger partial charge is 0.303 e. The van der Waals surface area contributed by atoms with E-state index in [4.69, 9.17) is 18.9 Å². The van der Waals surface area contributed by atoms with Crippen LogP contribution in [0.4, 0.5) is 0 Å². The van der Waals surface area contributed by atoms with Gasteiger partial charge in [-0.3, -0.25) is 24.0 Å². The van der Waals surface area contributed by atoms with E-state index in [1.807, 2.05) is 0 Å². The monoisotopic (exact) mass is 405 g/mol. The van der Waals surface area contributed by atoms with Crippen LogP contribution in [0, 0.1) is 0 Å². The molecule has 1 aliphatic heterocycles. The Morgan fingerprint density at radius 2 is 1.44 bits per heavy atom. The first-order valence-electron chi connectivity index (χ1n) is 8.08. The molecule has 1 heterocycles. The molecule has 1 rings (SSSR count). The number of hydrogen-bond acceptors (Lipinski definition) is 10. The Morgan fingerprint density at radius 3 is 1.89 bits per heavy atom. The van der Waals surface area contributed by atoms with Crippen LogP contribution in [0.15, 0.2) is 0 Å². The SMILES string of the molecule is CC(=O)N[C@H]1[C@@H](OC(C)=O)[C@H](OC(C)=O)[C@@H](COC(C)=O)O[C@H]1SC(C)=O. The molecule has 27 heavy (non-hydrogen) atoms. The lowest BCUT2D eigenvalue weighted by molar-refractivity contribution is -0.211. The van der Waals surface area contributed by atoms with E-state index in [-0.39, 0.29) is 11.7 Å². The van der Waals surface area contributed by atoms with E-state index in [0.717, 1.165) is 25.6 Å². The van der Waals surface area contributed by atoms with Crippen molar-refractivity contribution in [3.8, 4) is 0 Å². The molecule has 0 saturated carbocycles. The minimum absolute atomic E-state index is 0.299. The van der Waals surface area contributed by atoms with Crippen molar-refractivity contribution >= 4 is 40.7 Å². The number of carbonyl (C=O) groups is 5. The molecule has 1 saturated heterocycles. The van der Waals surface area contributed by atoms with Crippen LogP contribution in [0.1, 0.15) is 34.6 Å². The second-order valence-electron chi connectivity index (χ2n) is 5.83. The van der Waals surface area contributed by atoms with Gasteiger partial charge in [-0.15, -0.1) is 0 Å². The molecule has 11 heteroatoms. The van der Waals surface area contributed by atoms with Gasteiger partial charge in [0.25, 0.3) is 0 Å². The van der Waals surface area contributed by atoms with Gasteiger partial charge < -0.3 is 24.3 Å². The molecule has 0 radical (unpaired) electrons. The third kappa shape index (κ3) is 7.55. The van der Waals surface area contributed by atoms with E-state index in [2.05, 4.69) is 5.32 Å². The van der Waals surface area contributed by atoms with E-state index in [9.17, 15) is 24.0 Å². The van der Waals surface area contributed by atoms with Crippen molar-refractivity contribution in [2.75, 3.05) is 6.61 Å². The Hall–Kier alpha value is -2.14. The summed E-state index contributed by atoms with van der Waals surface area (Å²) in [4.78, 5) is 57.5. The standard InChI is InChI=1S/C16H23NO9S/c1-7(18)17-13-15(25-10(4)21)14(24-9(3)20)12(6-23-8(2)19)26-16(13)27-11(5)22/h12-16H,6H2,1-5H3,(H,17,18)/t12-,13+,14-,15-,16+/m1/s1. The first kappa shape index (κ1) is 22.9. The predicted octanol–water partition coefficient (Wildman–Crippen LogP) is -0.0778. The maximum atomic E-state index is 11.6. The van der Waals surface area contributed by atoms with Gasteiger partial charge in [0.05, 0.1) is 0 Å². The molecular formula is C16H23NO9S. The number of carbonyl (C=O) groups excluding carboxylic acids is 5. The first-order chi connectivity index (χ1) is 12.5. The number of nitrogens with one attached hydrogen (secondary N) is 1. The van der Waals surface area contributed by atoms with Crippen molar-refractivity contribution in [1.29, 1.82) is 0 Å². The van der Waals surface area contributed by atoms with Crippen molar-refractivity contribution in [1.82, 2.24) is 5.32 Å². The molecule has 0 aromatic rings. The van der Waals surface area contributed by atoms with Crippen LogP contribution >= 0.6 is 11.8 Å². The third-order valence-corrected chi connectivity index (χ3v) is 4.32. The predicted molar refractivity (Wildman–Crippen MR) is 92.3 cm³/mol. The molecule has 0 aliphatic carbocycles. The summed E-state index contributed by atoms with van der Waals surface area (Å²) < 4.78 is 21.2. The van der Waals surface area contributed by atoms with Crippen molar-refractivity contribution in [3.05, 3.63) is 0 Å². The lowest BCUT2D eigenvalue weighted by Gasteiger charge is -2.44. The molecule has 0 aromatic carbocycles. The molecule has 1 N–H and O–H groups in total. The summed E-state index contributed by atoms with van der Waals surface area (Å²) >= 11 is 0.767. The number of ether oxygens (including phenoxy) is 4. The molecule has 152 valence electrons. The van der Waals surface area contributed by atoms with Crippen LogP contribution in [0.25, 0.3) is 0 Å². The summed E-state index contributed by atoms with van der Waals surface area (Å²) in [6, 6.07) is -0.974. The molecule has 1 fully saturated rings.